The van der Waals surface area contributed by atoms with Crippen molar-refractivity contribution in [2.45, 2.75) is 11.4 Å². The molecule has 0 radical (unpaired) electrons. The Balaban J connectivity index is 2.34. The summed E-state index contributed by atoms with van der Waals surface area (Å²) in [7, 11) is 0.320. The molecule has 25 heavy (non-hydrogen) atoms. The Bertz CT molecular complexity index is 882. The van der Waals surface area contributed by atoms with E-state index in [1.165, 1.54) is 39.5 Å². The second kappa shape index (κ2) is 7.49. The maximum Gasteiger partial charge on any atom is 0.289 e. The first-order valence-corrected chi connectivity index (χ1v) is 8.66. The number of nitro benzene ring substituents is 1. The van der Waals surface area contributed by atoms with Crippen LogP contribution in [0.4, 0.5) is 5.69 Å². The van der Waals surface area contributed by atoms with Crippen molar-refractivity contribution in [2.24, 2.45) is 0 Å². The quantitative estimate of drug-likeness (QED) is 0.551. The minimum Gasteiger partial charge on any atom is -0.493 e. The van der Waals surface area contributed by atoms with Gasteiger partial charge in [-0.25, -0.2) is 8.42 Å². The van der Waals surface area contributed by atoms with Gasteiger partial charge in [-0.05, 0) is 23.8 Å². The van der Waals surface area contributed by atoms with E-state index in [2.05, 4.69) is 0 Å². The highest BCUT2D eigenvalue weighted by molar-refractivity contribution is 7.89. The Kier molecular flexibility index (Phi) is 5.60. The number of benzene rings is 2. The van der Waals surface area contributed by atoms with Crippen molar-refractivity contribution in [1.82, 2.24) is 4.31 Å². The molecule has 0 saturated heterocycles. The largest absolute Gasteiger partial charge is 0.493 e. The molecule has 2 aromatic rings. The molecule has 8 nitrogen and oxygen atoms in total. The van der Waals surface area contributed by atoms with Crippen LogP contribution >= 0.6 is 0 Å². The van der Waals surface area contributed by atoms with Gasteiger partial charge in [-0.15, -0.1) is 0 Å². The standard InChI is InChI=1S/C16H18N2O6S/c1-17(11-12-8-9-14(23-2)15(10-12)24-3)25(21,22)16-7-5-4-6-13(16)18(19)20/h4-10H,11H2,1-3H3. The van der Waals surface area contributed by atoms with Crippen LogP contribution in [-0.2, 0) is 16.6 Å². The zero-order valence-corrected chi connectivity index (χ0v) is 14.8. The zero-order valence-electron chi connectivity index (χ0n) is 14.0. The lowest BCUT2D eigenvalue weighted by Gasteiger charge is -2.18. The van der Waals surface area contributed by atoms with Crippen LogP contribution in [0.1, 0.15) is 5.56 Å². The molecule has 0 aliphatic carbocycles. The summed E-state index contributed by atoms with van der Waals surface area (Å²) in [6.07, 6.45) is 0. The molecule has 0 N–H and O–H groups in total. The van der Waals surface area contributed by atoms with Gasteiger partial charge < -0.3 is 9.47 Å². The van der Waals surface area contributed by atoms with Gasteiger partial charge in [0.25, 0.3) is 5.69 Å². The maximum absolute atomic E-state index is 12.7. The Morgan fingerprint density at radius 1 is 1.08 bits per heavy atom. The van der Waals surface area contributed by atoms with Crippen LogP contribution in [0.3, 0.4) is 0 Å². The van der Waals surface area contributed by atoms with Gasteiger partial charge in [0.2, 0.25) is 10.0 Å². The fourth-order valence-electron chi connectivity index (χ4n) is 2.32. The normalized spacial score (nSPS) is 11.4. The average molecular weight is 366 g/mol. The lowest BCUT2D eigenvalue weighted by molar-refractivity contribution is -0.387. The zero-order chi connectivity index (χ0) is 18.6. The molecule has 0 saturated carbocycles. The van der Waals surface area contributed by atoms with E-state index in [4.69, 9.17) is 9.47 Å². The highest BCUT2D eigenvalue weighted by Gasteiger charge is 2.29. The lowest BCUT2D eigenvalue weighted by atomic mass is 10.2. The van der Waals surface area contributed by atoms with Gasteiger partial charge in [0, 0.05) is 19.7 Å². The van der Waals surface area contributed by atoms with E-state index in [0.717, 1.165) is 10.4 Å². The van der Waals surface area contributed by atoms with Crippen LogP contribution in [0.25, 0.3) is 0 Å². The van der Waals surface area contributed by atoms with Gasteiger partial charge >= 0.3 is 0 Å². The summed E-state index contributed by atoms with van der Waals surface area (Å²) in [5.41, 5.74) is 0.198. The molecule has 134 valence electrons. The van der Waals surface area contributed by atoms with Crippen LogP contribution < -0.4 is 9.47 Å². The summed E-state index contributed by atoms with van der Waals surface area (Å²) in [5.74, 6) is 0.993. The molecule has 0 fully saturated rings. The third-order valence-electron chi connectivity index (χ3n) is 3.60. The highest BCUT2D eigenvalue weighted by Crippen LogP contribution is 2.30. The van der Waals surface area contributed by atoms with Crippen molar-refractivity contribution in [2.75, 3.05) is 21.3 Å². The van der Waals surface area contributed by atoms with Gasteiger partial charge in [0.05, 0.1) is 19.1 Å². The number of ether oxygens (including phenoxy) is 2. The molecule has 0 aliphatic rings. The summed E-state index contributed by atoms with van der Waals surface area (Å²) in [5, 5.41) is 11.1. The second-order valence-corrected chi connectivity index (χ2v) is 7.19. The number of methoxy groups -OCH3 is 2. The molecule has 0 aliphatic heterocycles. The Morgan fingerprint density at radius 3 is 2.32 bits per heavy atom. The van der Waals surface area contributed by atoms with E-state index in [-0.39, 0.29) is 11.4 Å². The molecule has 0 atom stereocenters. The summed E-state index contributed by atoms with van der Waals surface area (Å²) in [6.45, 7) is 0.0226. The Labute approximate surface area is 145 Å². The van der Waals surface area contributed by atoms with E-state index in [9.17, 15) is 18.5 Å². The van der Waals surface area contributed by atoms with Crippen LogP contribution in [0.15, 0.2) is 47.4 Å². The number of para-hydroxylation sites is 1. The molecule has 2 aromatic carbocycles. The third kappa shape index (κ3) is 3.89. The van der Waals surface area contributed by atoms with Crippen molar-refractivity contribution in [3.8, 4) is 11.5 Å². The van der Waals surface area contributed by atoms with Crippen LogP contribution in [-0.4, -0.2) is 38.9 Å². The molecule has 0 unspecified atom stereocenters. The first-order valence-electron chi connectivity index (χ1n) is 7.22. The van der Waals surface area contributed by atoms with Crippen molar-refractivity contribution >= 4 is 15.7 Å². The van der Waals surface area contributed by atoms with Gasteiger partial charge in [-0.3, -0.25) is 10.1 Å². The van der Waals surface area contributed by atoms with Gasteiger partial charge in [0.15, 0.2) is 16.4 Å². The SMILES string of the molecule is COc1ccc(CN(C)S(=O)(=O)c2ccccc2[N+](=O)[O-])cc1OC. The maximum atomic E-state index is 12.7. The van der Waals surface area contributed by atoms with Crippen molar-refractivity contribution in [3.63, 3.8) is 0 Å². The monoisotopic (exact) mass is 366 g/mol. The van der Waals surface area contributed by atoms with E-state index < -0.39 is 20.6 Å². The van der Waals surface area contributed by atoms with Gasteiger partial charge in [-0.1, -0.05) is 18.2 Å². The molecule has 0 spiro atoms. The molecular weight excluding hydrogens is 348 g/mol. The van der Waals surface area contributed by atoms with Gasteiger partial charge in [-0.2, -0.15) is 4.31 Å². The first kappa shape index (κ1) is 18.7. The molecule has 9 heteroatoms. The predicted molar refractivity (Wildman–Crippen MR) is 91.3 cm³/mol. The van der Waals surface area contributed by atoms with Crippen molar-refractivity contribution in [3.05, 3.63) is 58.1 Å². The summed E-state index contributed by atoms with van der Waals surface area (Å²) < 4.78 is 36.8. The molecular formula is C16H18N2O6S. The average Bonchev–Trinajstić information content (AvgIpc) is 2.61. The smallest absolute Gasteiger partial charge is 0.289 e. The number of rotatable bonds is 7. The molecule has 2 rings (SSSR count). The second-order valence-electron chi connectivity index (χ2n) is 5.18. The van der Waals surface area contributed by atoms with E-state index in [1.807, 2.05) is 0 Å². The number of sulfonamides is 1. The lowest BCUT2D eigenvalue weighted by Crippen LogP contribution is -2.27. The summed E-state index contributed by atoms with van der Waals surface area (Å²) in [6, 6.07) is 10.3. The van der Waals surface area contributed by atoms with Crippen LogP contribution in [0.5, 0.6) is 11.5 Å². The molecule has 0 bridgehead atoms. The van der Waals surface area contributed by atoms with E-state index in [1.54, 1.807) is 18.2 Å². The number of hydrogen-bond acceptors (Lipinski definition) is 6. The fourth-order valence-corrected chi connectivity index (χ4v) is 3.63. The Hall–Kier alpha value is -2.65. The minimum absolute atomic E-state index is 0.0226. The van der Waals surface area contributed by atoms with Crippen LogP contribution in [0.2, 0.25) is 0 Å². The van der Waals surface area contributed by atoms with Crippen molar-refractivity contribution in [1.29, 1.82) is 0 Å². The summed E-state index contributed by atoms with van der Waals surface area (Å²) in [4.78, 5) is 10.0. The number of hydrogen-bond donors (Lipinski definition) is 0. The fraction of sp³-hybridized carbons (Fsp3) is 0.250. The van der Waals surface area contributed by atoms with Crippen molar-refractivity contribution < 1.29 is 22.8 Å². The predicted octanol–water partition coefficient (Wildman–Crippen LogP) is 2.43. The minimum atomic E-state index is -4.03. The topological polar surface area (TPSA) is 99.0 Å². The number of nitro groups is 1. The highest BCUT2D eigenvalue weighted by atomic mass is 32.2. The third-order valence-corrected chi connectivity index (χ3v) is 5.45. The number of nitrogens with zero attached hydrogens (tertiary/aromatic N) is 2. The molecule has 0 aromatic heterocycles. The first-order chi connectivity index (χ1) is 11.8. The summed E-state index contributed by atoms with van der Waals surface area (Å²) >= 11 is 0. The Morgan fingerprint density at radius 2 is 1.72 bits per heavy atom. The van der Waals surface area contributed by atoms with E-state index >= 15 is 0 Å². The molecule has 0 heterocycles. The molecule has 0 amide bonds. The van der Waals surface area contributed by atoms with Gasteiger partial charge in [0.1, 0.15) is 0 Å². The van der Waals surface area contributed by atoms with Crippen LogP contribution in [0, 0.1) is 10.1 Å². The van der Waals surface area contributed by atoms with E-state index in [0.29, 0.717) is 17.1 Å².